The van der Waals surface area contributed by atoms with E-state index in [-0.39, 0.29) is 11.8 Å². The Morgan fingerprint density at radius 1 is 1.07 bits per heavy atom. The van der Waals surface area contributed by atoms with Crippen LogP contribution in [0.5, 0.6) is 0 Å². The van der Waals surface area contributed by atoms with E-state index in [9.17, 15) is 4.79 Å². The minimum atomic E-state index is 0.266. The van der Waals surface area contributed by atoms with Gasteiger partial charge in [0, 0.05) is 63.0 Å². The Morgan fingerprint density at radius 3 is 2.66 bits per heavy atom. The van der Waals surface area contributed by atoms with Gasteiger partial charge in [0.25, 0.3) is 0 Å². The molecule has 3 aliphatic rings. The summed E-state index contributed by atoms with van der Waals surface area (Å²) >= 11 is 0. The maximum absolute atomic E-state index is 12.8. The van der Waals surface area contributed by atoms with E-state index in [2.05, 4.69) is 21.0 Å². The highest BCUT2D eigenvalue weighted by atomic mass is 16.2. The lowest BCUT2D eigenvalue weighted by Crippen LogP contribution is -2.44. The summed E-state index contributed by atoms with van der Waals surface area (Å²) in [5.41, 5.74) is 3.09. The molecule has 0 spiro atoms. The molecular formula is C22H30N6O. The lowest BCUT2D eigenvalue weighted by atomic mass is 9.83. The van der Waals surface area contributed by atoms with Crippen molar-refractivity contribution in [1.82, 2.24) is 24.6 Å². The van der Waals surface area contributed by atoms with Crippen LogP contribution >= 0.6 is 0 Å². The smallest absolute Gasteiger partial charge is 0.225 e. The van der Waals surface area contributed by atoms with Gasteiger partial charge >= 0.3 is 0 Å². The molecule has 7 nitrogen and oxygen atoms in total. The number of aryl methyl sites for hydroxylation is 1. The zero-order chi connectivity index (χ0) is 19.8. The van der Waals surface area contributed by atoms with E-state index in [4.69, 9.17) is 10.1 Å². The van der Waals surface area contributed by atoms with E-state index >= 15 is 0 Å². The van der Waals surface area contributed by atoms with Crippen LogP contribution in [0.25, 0.3) is 11.3 Å². The van der Waals surface area contributed by atoms with Crippen molar-refractivity contribution in [3.05, 3.63) is 24.2 Å². The molecule has 0 bridgehead atoms. The number of aromatic nitrogens is 4. The van der Waals surface area contributed by atoms with Crippen LogP contribution in [0.1, 0.15) is 56.6 Å². The topological polar surface area (TPSA) is 67.2 Å². The van der Waals surface area contributed by atoms with Crippen LogP contribution in [0, 0.1) is 5.92 Å². The second-order valence-corrected chi connectivity index (χ2v) is 8.79. The summed E-state index contributed by atoms with van der Waals surface area (Å²) in [4.78, 5) is 26.5. The van der Waals surface area contributed by atoms with Gasteiger partial charge in [-0.3, -0.25) is 9.48 Å². The number of likely N-dealkylation sites (tertiary alicyclic amines) is 1. The molecule has 1 amide bonds. The maximum atomic E-state index is 12.8. The van der Waals surface area contributed by atoms with Gasteiger partial charge in [-0.15, -0.1) is 0 Å². The summed E-state index contributed by atoms with van der Waals surface area (Å²) < 4.78 is 1.88. The number of piperidine rings is 1. The summed E-state index contributed by atoms with van der Waals surface area (Å²) in [6.45, 7) is 3.73. The fraction of sp³-hybridized carbons (Fsp3) is 0.636. The molecule has 3 fully saturated rings. The number of hydrogen-bond donors (Lipinski definition) is 0. The highest BCUT2D eigenvalue weighted by molar-refractivity contribution is 5.79. The zero-order valence-electron chi connectivity index (χ0n) is 17.3. The van der Waals surface area contributed by atoms with E-state index < -0.39 is 0 Å². The van der Waals surface area contributed by atoms with Gasteiger partial charge < -0.3 is 9.80 Å². The second kappa shape index (κ2) is 7.76. The van der Waals surface area contributed by atoms with Crippen molar-refractivity contribution < 1.29 is 4.79 Å². The summed E-state index contributed by atoms with van der Waals surface area (Å²) in [6, 6.07) is 1.99. The van der Waals surface area contributed by atoms with Gasteiger partial charge in [-0.05, 0) is 44.6 Å². The molecule has 29 heavy (non-hydrogen) atoms. The first kappa shape index (κ1) is 18.6. The van der Waals surface area contributed by atoms with E-state index in [0.29, 0.717) is 5.91 Å². The molecule has 2 aliphatic heterocycles. The van der Waals surface area contributed by atoms with Crippen molar-refractivity contribution in [3.8, 4) is 11.3 Å². The second-order valence-electron chi connectivity index (χ2n) is 8.79. The minimum absolute atomic E-state index is 0.266. The van der Waals surface area contributed by atoms with Gasteiger partial charge in [0.1, 0.15) is 0 Å². The minimum Gasteiger partial charge on any atom is -0.342 e. The van der Waals surface area contributed by atoms with Crippen LogP contribution in [0.15, 0.2) is 18.5 Å². The van der Waals surface area contributed by atoms with Gasteiger partial charge in [0.2, 0.25) is 11.9 Å². The highest BCUT2D eigenvalue weighted by Crippen LogP contribution is 2.35. The van der Waals surface area contributed by atoms with Crippen LogP contribution < -0.4 is 4.90 Å². The third-order valence-electron chi connectivity index (χ3n) is 6.74. The van der Waals surface area contributed by atoms with Crippen molar-refractivity contribution in [2.24, 2.45) is 13.0 Å². The summed E-state index contributed by atoms with van der Waals surface area (Å²) in [7, 11) is 1.97. The van der Waals surface area contributed by atoms with Gasteiger partial charge in [-0.25, -0.2) is 9.97 Å². The normalized spacial score (nSPS) is 22.7. The maximum Gasteiger partial charge on any atom is 0.225 e. The quantitative estimate of drug-likeness (QED) is 0.798. The van der Waals surface area contributed by atoms with Crippen molar-refractivity contribution in [2.75, 3.05) is 31.1 Å². The van der Waals surface area contributed by atoms with Crippen molar-refractivity contribution in [1.29, 1.82) is 0 Å². The van der Waals surface area contributed by atoms with Crippen LogP contribution in [0.4, 0.5) is 5.95 Å². The molecule has 1 unspecified atom stereocenters. The lowest BCUT2D eigenvalue weighted by molar-refractivity contribution is -0.139. The molecule has 2 aromatic rings. The molecule has 5 rings (SSSR count). The van der Waals surface area contributed by atoms with E-state index in [1.165, 1.54) is 19.3 Å². The number of amides is 1. The monoisotopic (exact) mass is 394 g/mol. The highest BCUT2D eigenvalue weighted by Gasteiger charge is 2.34. The molecule has 7 heteroatoms. The Hall–Kier alpha value is -2.44. The lowest BCUT2D eigenvalue weighted by Gasteiger charge is -2.37. The van der Waals surface area contributed by atoms with Crippen molar-refractivity contribution in [2.45, 2.75) is 50.9 Å². The summed E-state index contributed by atoms with van der Waals surface area (Å²) in [5, 5.41) is 4.82. The Kier molecular flexibility index (Phi) is 4.97. The average Bonchev–Trinajstić information content (AvgIpc) is 3.37. The van der Waals surface area contributed by atoms with Gasteiger partial charge in [-0.2, -0.15) is 5.10 Å². The first-order valence-corrected chi connectivity index (χ1v) is 11.1. The van der Waals surface area contributed by atoms with Crippen molar-refractivity contribution >= 4 is 11.9 Å². The number of carbonyl (C=O) groups excluding carboxylic acids is 1. The van der Waals surface area contributed by atoms with Gasteiger partial charge in [0.05, 0.1) is 11.4 Å². The van der Waals surface area contributed by atoms with Crippen LogP contribution in [-0.2, 0) is 11.8 Å². The molecule has 2 aromatic heterocycles. The van der Waals surface area contributed by atoms with E-state index in [0.717, 1.165) is 74.8 Å². The largest absolute Gasteiger partial charge is 0.342 e. The Morgan fingerprint density at radius 2 is 1.90 bits per heavy atom. The molecule has 4 heterocycles. The van der Waals surface area contributed by atoms with Crippen LogP contribution in [-0.4, -0.2) is 56.7 Å². The van der Waals surface area contributed by atoms with Crippen molar-refractivity contribution in [3.63, 3.8) is 0 Å². The number of rotatable bonds is 4. The molecule has 2 saturated heterocycles. The average molecular weight is 395 g/mol. The molecule has 0 aromatic carbocycles. The molecule has 0 radical (unpaired) electrons. The SMILES string of the molecule is Cn1cc(-c2ccnc(N3CCCC3)n2)c(C2CCCN(C(=O)C3CCC3)C2)n1. The third kappa shape index (κ3) is 3.63. The molecule has 0 N–H and O–H groups in total. The van der Waals surface area contributed by atoms with Gasteiger partial charge in [0.15, 0.2) is 0 Å². The number of nitrogens with zero attached hydrogens (tertiary/aromatic N) is 6. The summed E-state index contributed by atoms with van der Waals surface area (Å²) in [6.07, 6.45) is 11.8. The third-order valence-corrected chi connectivity index (χ3v) is 6.74. The summed E-state index contributed by atoms with van der Waals surface area (Å²) in [5.74, 6) is 1.72. The fourth-order valence-corrected chi connectivity index (χ4v) is 4.89. The first-order chi connectivity index (χ1) is 14.2. The van der Waals surface area contributed by atoms with E-state index in [1.54, 1.807) is 0 Å². The van der Waals surface area contributed by atoms with Crippen LogP contribution in [0.3, 0.4) is 0 Å². The molecular weight excluding hydrogens is 364 g/mol. The number of anilines is 1. The van der Waals surface area contributed by atoms with E-state index in [1.807, 2.05) is 24.0 Å². The fourth-order valence-electron chi connectivity index (χ4n) is 4.89. The molecule has 1 aliphatic carbocycles. The molecule has 1 atom stereocenters. The van der Waals surface area contributed by atoms with Crippen LogP contribution in [0.2, 0.25) is 0 Å². The standard InChI is InChI=1S/C22H30N6O/c1-26-15-18(19-9-10-23-22(24-19)27-11-2-3-12-27)20(25-26)17-8-5-13-28(14-17)21(29)16-6-4-7-16/h9-10,15-17H,2-8,11-14H2,1H3. The predicted octanol–water partition coefficient (Wildman–Crippen LogP) is 2.98. The molecule has 154 valence electrons. The number of hydrogen-bond acceptors (Lipinski definition) is 5. The first-order valence-electron chi connectivity index (χ1n) is 11.1. The Balaban J connectivity index is 1.40. The Labute approximate surface area is 172 Å². The predicted molar refractivity (Wildman–Crippen MR) is 112 cm³/mol. The zero-order valence-corrected chi connectivity index (χ0v) is 17.3. The van der Waals surface area contributed by atoms with Gasteiger partial charge in [-0.1, -0.05) is 6.42 Å². The number of carbonyl (C=O) groups is 1. The molecule has 1 saturated carbocycles. The Bertz CT molecular complexity index is 883.